The Morgan fingerprint density at radius 2 is 0.621 bits per heavy atom. The van der Waals surface area contributed by atoms with Crippen molar-refractivity contribution in [3.63, 3.8) is 0 Å². The zero-order valence-electron chi connectivity index (χ0n) is 20.9. The molecule has 0 aromatic rings. The zero-order chi connectivity index (χ0) is 21.5. The summed E-state index contributed by atoms with van der Waals surface area (Å²) in [7, 11) is 0. The predicted octanol–water partition coefficient (Wildman–Crippen LogP) is 10.1. The lowest BCUT2D eigenvalue weighted by Crippen LogP contribution is -2.28. The maximum atomic E-state index is 11.1. The first kappa shape index (κ1) is 29.0. The van der Waals surface area contributed by atoms with Crippen molar-refractivity contribution in [1.82, 2.24) is 0 Å². The minimum atomic E-state index is -0.366. The Kier molecular flexibility index (Phi) is 22.6. The van der Waals surface area contributed by atoms with Crippen LogP contribution in [-0.4, -0.2) is 10.7 Å². The zero-order valence-corrected chi connectivity index (χ0v) is 20.9. The fourth-order valence-corrected chi connectivity index (χ4v) is 4.72. The van der Waals surface area contributed by atoms with E-state index in [9.17, 15) is 5.11 Å². The molecule has 0 aromatic heterocycles. The van der Waals surface area contributed by atoms with Crippen LogP contribution in [0.15, 0.2) is 0 Å². The van der Waals surface area contributed by atoms with E-state index in [-0.39, 0.29) is 5.60 Å². The number of hydrogen-bond acceptors (Lipinski definition) is 1. The predicted molar refractivity (Wildman–Crippen MR) is 133 cm³/mol. The normalized spacial score (nSPS) is 12.0. The fraction of sp³-hybridized carbons (Fsp3) is 1.00. The summed E-state index contributed by atoms with van der Waals surface area (Å²) in [5, 5.41) is 11.1. The quantitative estimate of drug-likeness (QED) is 0.157. The van der Waals surface area contributed by atoms with E-state index in [0.29, 0.717) is 0 Å². The maximum absolute atomic E-state index is 11.1. The first-order chi connectivity index (χ1) is 14.2. The lowest BCUT2D eigenvalue weighted by Gasteiger charge is -2.28. The van der Waals surface area contributed by atoms with Gasteiger partial charge in [0.15, 0.2) is 0 Å². The van der Waals surface area contributed by atoms with Gasteiger partial charge in [-0.2, -0.15) is 0 Å². The van der Waals surface area contributed by atoms with Crippen molar-refractivity contribution in [2.45, 2.75) is 180 Å². The van der Waals surface area contributed by atoms with Crippen LogP contribution in [0.25, 0.3) is 0 Å². The average molecular weight is 411 g/mol. The van der Waals surface area contributed by atoms with Gasteiger partial charge in [0.25, 0.3) is 0 Å². The Balaban J connectivity index is 3.61. The van der Waals surface area contributed by atoms with Crippen molar-refractivity contribution in [2.24, 2.45) is 0 Å². The molecule has 29 heavy (non-hydrogen) atoms. The minimum Gasteiger partial charge on any atom is -0.390 e. The molecule has 0 heterocycles. The highest BCUT2D eigenvalue weighted by molar-refractivity contribution is 4.78. The van der Waals surface area contributed by atoms with Crippen molar-refractivity contribution in [1.29, 1.82) is 0 Å². The van der Waals surface area contributed by atoms with Crippen LogP contribution in [0.3, 0.4) is 0 Å². The fourth-order valence-electron chi connectivity index (χ4n) is 4.72. The Morgan fingerprint density at radius 1 is 0.345 bits per heavy atom. The van der Waals surface area contributed by atoms with Crippen LogP contribution >= 0.6 is 0 Å². The number of aliphatic hydroxyl groups is 1. The van der Waals surface area contributed by atoms with E-state index in [1.165, 1.54) is 128 Å². The molecule has 176 valence electrons. The molecular weight excluding hydrogens is 352 g/mol. The van der Waals surface area contributed by atoms with E-state index >= 15 is 0 Å². The highest BCUT2D eigenvalue weighted by atomic mass is 16.3. The van der Waals surface area contributed by atoms with Crippen LogP contribution in [0, 0.1) is 0 Å². The molecule has 0 atom stereocenters. The number of hydrogen-bond donors (Lipinski definition) is 1. The summed E-state index contributed by atoms with van der Waals surface area (Å²) in [6.07, 6.45) is 31.8. The van der Waals surface area contributed by atoms with Crippen LogP contribution in [0.1, 0.15) is 175 Å². The van der Waals surface area contributed by atoms with Gasteiger partial charge in [-0.1, -0.05) is 156 Å². The van der Waals surface area contributed by atoms with Gasteiger partial charge in [0.05, 0.1) is 5.60 Å². The molecule has 0 aromatic carbocycles. The molecule has 0 aliphatic heterocycles. The molecule has 0 fully saturated rings. The molecule has 0 saturated carbocycles. The van der Waals surface area contributed by atoms with Crippen LogP contribution in [-0.2, 0) is 0 Å². The third-order valence-electron chi connectivity index (χ3n) is 6.71. The largest absolute Gasteiger partial charge is 0.390 e. The van der Waals surface area contributed by atoms with Gasteiger partial charge >= 0.3 is 0 Å². The Hall–Kier alpha value is -0.0400. The summed E-state index contributed by atoms with van der Waals surface area (Å²) in [5.41, 5.74) is -0.366. The van der Waals surface area contributed by atoms with Gasteiger partial charge in [-0.3, -0.25) is 0 Å². The smallest absolute Gasteiger partial charge is 0.0647 e. The molecule has 0 aliphatic carbocycles. The molecule has 0 unspecified atom stereocenters. The monoisotopic (exact) mass is 410 g/mol. The molecule has 0 saturated heterocycles. The Morgan fingerprint density at radius 3 is 0.897 bits per heavy atom. The minimum absolute atomic E-state index is 0.366. The summed E-state index contributed by atoms with van der Waals surface area (Å²) in [5.74, 6) is 0. The van der Waals surface area contributed by atoms with Gasteiger partial charge in [0, 0.05) is 0 Å². The summed E-state index contributed by atoms with van der Waals surface area (Å²) in [6.45, 7) is 6.80. The average Bonchev–Trinajstić information content (AvgIpc) is 2.71. The van der Waals surface area contributed by atoms with Crippen LogP contribution in [0.5, 0.6) is 0 Å². The highest BCUT2D eigenvalue weighted by Crippen LogP contribution is 2.28. The highest BCUT2D eigenvalue weighted by Gasteiger charge is 2.24. The maximum Gasteiger partial charge on any atom is 0.0647 e. The van der Waals surface area contributed by atoms with Gasteiger partial charge in [0.2, 0.25) is 0 Å². The van der Waals surface area contributed by atoms with Crippen molar-refractivity contribution in [3.05, 3.63) is 0 Å². The van der Waals surface area contributed by atoms with Gasteiger partial charge < -0.3 is 5.11 Å². The molecule has 0 aliphatic rings. The van der Waals surface area contributed by atoms with Crippen LogP contribution < -0.4 is 0 Å². The third-order valence-corrected chi connectivity index (χ3v) is 6.71. The van der Waals surface area contributed by atoms with Crippen molar-refractivity contribution < 1.29 is 5.11 Å². The molecule has 0 amide bonds. The molecule has 0 rings (SSSR count). The lowest BCUT2D eigenvalue weighted by atomic mass is 9.86. The van der Waals surface area contributed by atoms with E-state index in [4.69, 9.17) is 0 Å². The first-order valence-electron chi connectivity index (χ1n) is 13.9. The topological polar surface area (TPSA) is 20.2 Å². The molecule has 1 nitrogen and oxygen atoms in total. The third kappa shape index (κ3) is 21.0. The Bertz CT molecular complexity index is 275. The summed E-state index contributed by atoms with van der Waals surface area (Å²) in [4.78, 5) is 0. The van der Waals surface area contributed by atoms with Crippen molar-refractivity contribution >= 4 is 0 Å². The molecule has 0 bridgehead atoms. The SMILES string of the molecule is CCCCCCCCCCCCC(O)(CCC)CCCCCCCCCCCC. The second kappa shape index (κ2) is 22.6. The number of unbranched alkanes of at least 4 members (excludes halogenated alkanes) is 18. The molecule has 0 radical (unpaired) electrons. The van der Waals surface area contributed by atoms with E-state index in [0.717, 1.165) is 25.7 Å². The van der Waals surface area contributed by atoms with E-state index in [1.807, 2.05) is 0 Å². The second-order valence-electron chi connectivity index (χ2n) is 9.84. The standard InChI is InChI=1S/C28H58O/c1-4-7-9-11-13-15-17-19-21-23-26-28(29,25-6-3)27-24-22-20-18-16-14-12-10-8-5-2/h29H,4-27H2,1-3H3. The van der Waals surface area contributed by atoms with Crippen LogP contribution in [0.2, 0.25) is 0 Å². The van der Waals surface area contributed by atoms with Gasteiger partial charge in [-0.15, -0.1) is 0 Å². The first-order valence-corrected chi connectivity index (χ1v) is 13.9. The Labute approximate surface area is 185 Å². The molecular formula is C28H58O. The lowest BCUT2D eigenvalue weighted by molar-refractivity contribution is 0.00876. The van der Waals surface area contributed by atoms with Crippen molar-refractivity contribution in [2.75, 3.05) is 0 Å². The second-order valence-corrected chi connectivity index (χ2v) is 9.84. The van der Waals surface area contributed by atoms with Gasteiger partial charge in [-0.05, 0) is 19.3 Å². The van der Waals surface area contributed by atoms with E-state index < -0.39 is 0 Å². The van der Waals surface area contributed by atoms with Crippen molar-refractivity contribution in [3.8, 4) is 0 Å². The van der Waals surface area contributed by atoms with Crippen LogP contribution in [0.4, 0.5) is 0 Å². The molecule has 1 heteroatoms. The van der Waals surface area contributed by atoms with E-state index in [1.54, 1.807) is 0 Å². The van der Waals surface area contributed by atoms with Gasteiger partial charge in [0.1, 0.15) is 0 Å². The summed E-state index contributed by atoms with van der Waals surface area (Å²) < 4.78 is 0. The summed E-state index contributed by atoms with van der Waals surface area (Å²) >= 11 is 0. The summed E-state index contributed by atoms with van der Waals surface area (Å²) in [6, 6.07) is 0. The van der Waals surface area contributed by atoms with E-state index in [2.05, 4.69) is 20.8 Å². The van der Waals surface area contributed by atoms with Gasteiger partial charge in [-0.25, -0.2) is 0 Å². The molecule has 0 spiro atoms. The number of rotatable bonds is 24. The molecule has 1 N–H and O–H groups in total.